The summed E-state index contributed by atoms with van der Waals surface area (Å²) < 4.78 is 7.45. The fourth-order valence-corrected chi connectivity index (χ4v) is 2.52. The summed E-state index contributed by atoms with van der Waals surface area (Å²) in [5.74, 6) is 1.15. The maximum Gasteiger partial charge on any atom is 0.116 e. The highest BCUT2D eigenvalue weighted by molar-refractivity contribution is 6.31. The molecule has 3 rings (SSSR count). The highest BCUT2D eigenvalue weighted by Gasteiger charge is 2.30. The number of aryl methyl sites for hydroxylation is 1. The van der Waals surface area contributed by atoms with E-state index in [0.29, 0.717) is 13.2 Å². The SMILES string of the molecule is Cn1c(C2COCC2N)nc2ccc(Cl)cc21. The van der Waals surface area contributed by atoms with Crippen LogP contribution in [0.1, 0.15) is 11.7 Å². The number of hydrogen-bond acceptors (Lipinski definition) is 3. The van der Waals surface area contributed by atoms with E-state index in [1.165, 1.54) is 0 Å². The molecule has 4 nitrogen and oxygen atoms in total. The fraction of sp³-hybridized carbons (Fsp3) is 0.417. The van der Waals surface area contributed by atoms with Crippen molar-refractivity contribution >= 4 is 22.6 Å². The largest absolute Gasteiger partial charge is 0.379 e. The predicted molar refractivity (Wildman–Crippen MR) is 67.3 cm³/mol. The van der Waals surface area contributed by atoms with E-state index in [-0.39, 0.29) is 12.0 Å². The molecule has 0 amide bonds. The van der Waals surface area contributed by atoms with Gasteiger partial charge in [0.2, 0.25) is 0 Å². The Labute approximate surface area is 104 Å². The van der Waals surface area contributed by atoms with Gasteiger partial charge in [0.15, 0.2) is 0 Å². The molecular formula is C12H14ClN3O. The number of benzene rings is 1. The molecule has 1 aromatic heterocycles. The molecule has 2 aromatic rings. The number of ether oxygens (including phenoxy) is 1. The minimum atomic E-state index is 0.0287. The Kier molecular flexibility index (Phi) is 2.58. The van der Waals surface area contributed by atoms with Crippen molar-refractivity contribution in [3.05, 3.63) is 29.0 Å². The summed E-state index contributed by atoms with van der Waals surface area (Å²) in [6, 6.07) is 5.74. The molecule has 2 unspecified atom stereocenters. The van der Waals surface area contributed by atoms with Crippen LogP contribution in [0.25, 0.3) is 11.0 Å². The first-order valence-corrected chi connectivity index (χ1v) is 6.00. The van der Waals surface area contributed by atoms with Crippen molar-refractivity contribution in [2.75, 3.05) is 13.2 Å². The molecule has 17 heavy (non-hydrogen) atoms. The third-order valence-corrected chi connectivity index (χ3v) is 3.57. The zero-order chi connectivity index (χ0) is 12.0. The topological polar surface area (TPSA) is 53.1 Å². The van der Waals surface area contributed by atoms with E-state index in [1.807, 2.05) is 25.2 Å². The first-order chi connectivity index (χ1) is 8.16. The van der Waals surface area contributed by atoms with Crippen LogP contribution in [0.4, 0.5) is 0 Å². The van der Waals surface area contributed by atoms with E-state index < -0.39 is 0 Å². The smallest absolute Gasteiger partial charge is 0.116 e. The molecular weight excluding hydrogens is 238 g/mol. The lowest BCUT2D eigenvalue weighted by Gasteiger charge is -2.12. The van der Waals surface area contributed by atoms with Gasteiger partial charge >= 0.3 is 0 Å². The third kappa shape index (κ3) is 1.73. The van der Waals surface area contributed by atoms with Crippen LogP contribution in [0, 0.1) is 0 Å². The molecule has 2 heterocycles. The van der Waals surface area contributed by atoms with Gasteiger partial charge in [-0.25, -0.2) is 4.98 Å². The lowest BCUT2D eigenvalue weighted by molar-refractivity contribution is 0.190. The molecule has 5 heteroatoms. The fourth-order valence-electron chi connectivity index (χ4n) is 2.35. The Balaban J connectivity index is 2.14. The van der Waals surface area contributed by atoms with Gasteiger partial charge in [-0.15, -0.1) is 0 Å². The van der Waals surface area contributed by atoms with E-state index in [4.69, 9.17) is 22.1 Å². The predicted octanol–water partition coefficient (Wildman–Crippen LogP) is 1.67. The molecule has 0 bridgehead atoms. The number of nitrogens with zero attached hydrogens (tertiary/aromatic N) is 2. The van der Waals surface area contributed by atoms with Crippen molar-refractivity contribution in [3.63, 3.8) is 0 Å². The molecule has 1 fully saturated rings. The Bertz CT molecular complexity index is 566. The molecule has 90 valence electrons. The first kappa shape index (κ1) is 11.0. The van der Waals surface area contributed by atoms with Crippen molar-refractivity contribution in [3.8, 4) is 0 Å². The second-order valence-corrected chi connectivity index (χ2v) is 4.91. The molecule has 0 radical (unpaired) electrons. The number of aromatic nitrogens is 2. The van der Waals surface area contributed by atoms with Crippen LogP contribution in [0.2, 0.25) is 5.02 Å². The normalized spacial score (nSPS) is 24.6. The molecule has 0 spiro atoms. The molecule has 1 aliphatic heterocycles. The van der Waals surface area contributed by atoms with Crippen LogP contribution >= 0.6 is 11.6 Å². The van der Waals surface area contributed by atoms with Crippen LogP contribution in [0.15, 0.2) is 18.2 Å². The minimum Gasteiger partial charge on any atom is -0.379 e. The summed E-state index contributed by atoms with van der Waals surface area (Å²) in [4.78, 5) is 4.63. The van der Waals surface area contributed by atoms with Crippen LogP contribution in [-0.4, -0.2) is 28.8 Å². The van der Waals surface area contributed by atoms with E-state index in [2.05, 4.69) is 9.55 Å². The second-order valence-electron chi connectivity index (χ2n) is 4.47. The average Bonchev–Trinajstić information content (AvgIpc) is 2.84. The van der Waals surface area contributed by atoms with E-state index >= 15 is 0 Å². The lowest BCUT2D eigenvalue weighted by atomic mass is 10.0. The number of halogens is 1. The van der Waals surface area contributed by atoms with E-state index in [1.54, 1.807) is 0 Å². The van der Waals surface area contributed by atoms with E-state index in [0.717, 1.165) is 21.9 Å². The van der Waals surface area contributed by atoms with E-state index in [9.17, 15) is 0 Å². The summed E-state index contributed by atoms with van der Waals surface area (Å²) >= 11 is 6.00. The highest BCUT2D eigenvalue weighted by atomic mass is 35.5. The number of imidazole rings is 1. The number of fused-ring (bicyclic) bond motifs is 1. The lowest BCUT2D eigenvalue weighted by Crippen LogP contribution is -2.28. The van der Waals surface area contributed by atoms with Gasteiger partial charge in [0, 0.05) is 18.1 Å². The third-order valence-electron chi connectivity index (χ3n) is 3.33. The van der Waals surface area contributed by atoms with Gasteiger partial charge in [-0.3, -0.25) is 0 Å². The highest BCUT2D eigenvalue weighted by Crippen LogP contribution is 2.27. The van der Waals surface area contributed by atoms with Gasteiger partial charge in [-0.1, -0.05) is 11.6 Å². The molecule has 0 aliphatic carbocycles. The van der Waals surface area contributed by atoms with Gasteiger partial charge in [0.25, 0.3) is 0 Å². The zero-order valence-electron chi connectivity index (χ0n) is 9.56. The number of rotatable bonds is 1. The summed E-state index contributed by atoms with van der Waals surface area (Å²) in [6.07, 6.45) is 0. The average molecular weight is 252 g/mol. The Morgan fingerprint density at radius 1 is 1.47 bits per heavy atom. The Morgan fingerprint density at radius 2 is 2.29 bits per heavy atom. The zero-order valence-corrected chi connectivity index (χ0v) is 10.3. The molecule has 2 N–H and O–H groups in total. The molecule has 1 aromatic carbocycles. The van der Waals surface area contributed by atoms with Crippen LogP contribution in [0.3, 0.4) is 0 Å². The van der Waals surface area contributed by atoms with Crippen molar-refractivity contribution in [1.29, 1.82) is 0 Å². The Hall–Kier alpha value is -1.10. The summed E-state index contributed by atoms with van der Waals surface area (Å²) in [5.41, 5.74) is 8.01. The summed E-state index contributed by atoms with van der Waals surface area (Å²) in [7, 11) is 1.99. The summed E-state index contributed by atoms with van der Waals surface area (Å²) in [5, 5.41) is 0.721. The monoisotopic (exact) mass is 251 g/mol. The van der Waals surface area contributed by atoms with Gasteiger partial charge < -0.3 is 15.0 Å². The van der Waals surface area contributed by atoms with Crippen molar-refractivity contribution in [2.24, 2.45) is 12.8 Å². The van der Waals surface area contributed by atoms with Gasteiger partial charge in [0.1, 0.15) is 5.82 Å². The minimum absolute atomic E-state index is 0.0287. The maximum atomic E-state index is 6.03. The van der Waals surface area contributed by atoms with Crippen LogP contribution < -0.4 is 5.73 Å². The summed E-state index contributed by atoms with van der Waals surface area (Å²) in [6.45, 7) is 1.25. The van der Waals surface area contributed by atoms with Gasteiger partial charge in [0.05, 0.1) is 30.2 Å². The molecule has 2 atom stereocenters. The standard InChI is InChI=1S/C12H14ClN3O/c1-16-11-4-7(13)2-3-10(11)15-12(16)8-5-17-6-9(8)14/h2-4,8-9H,5-6,14H2,1H3. The Morgan fingerprint density at radius 3 is 3.00 bits per heavy atom. The van der Waals surface area contributed by atoms with Crippen molar-refractivity contribution in [1.82, 2.24) is 9.55 Å². The first-order valence-electron chi connectivity index (χ1n) is 5.62. The molecule has 1 saturated heterocycles. The van der Waals surface area contributed by atoms with Crippen molar-refractivity contribution < 1.29 is 4.74 Å². The second kappa shape index (κ2) is 3.98. The van der Waals surface area contributed by atoms with Gasteiger partial charge in [-0.2, -0.15) is 0 Å². The quantitative estimate of drug-likeness (QED) is 0.839. The molecule has 0 saturated carbocycles. The van der Waals surface area contributed by atoms with Gasteiger partial charge in [-0.05, 0) is 18.2 Å². The van der Waals surface area contributed by atoms with Crippen LogP contribution in [0.5, 0.6) is 0 Å². The number of nitrogens with two attached hydrogens (primary N) is 1. The maximum absolute atomic E-state index is 6.03. The van der Waals surface area contributed by atoms with Crippen LogP contribution in [-0.2, 0) is 11.8 Å². The van der Waals surface area contributed by atoms with Crippen molar-refractivity contribution in [2.45, 2.75) is 12.0 Å². The molecule has 1 aliphatic rings. The number of hydrogen-bond donors (Lipinski definition) is 1.